The predicted molar refractivity (Wildman–Crippen MR) is 115 cm³/mol. The predicted octanol–water partition coefficient (Wildman–Crippen LogP) is 4.45. The van der Waals surface area contributed by atoms with Gasteiger partial charge < -0.3 is 20.1 Å². The molecule has 0 saturated carbocycles. The number of ether oxygens (including phenoxy) is 2. The smallest absolute Gasteiger partial charge is 0.251 e. The molecule has 156 valence electrons. The van der Waals surface area contributed by atoms with Crippen LogP contribution in [0.2, 0.25) is 5.02 Å². The van der Waals surface area contributed by atoms with E-state index in [1.165, 1.54) is 7.11 Å². The minimum absolute atomic E-state index is 0.211. The van der Waals surface area contributed by atoms with E-state index >= 15 is 0 Å². The highest BCUT2D eigenvalue weighted by molar-refractivity contribution is 6.30. The fourth-order valence-electron chi connectivity index (χ4n) is 2.88. The normalized spacial score (nSPS) is 11.7. The van der Waals surface area contributed by atoms with Crippen LogP contribution in [0.3, 0.4) is 0 Å². The van der Waals surface area contributed by atoms with Crippen molar-refractivity contribution >= 4 is 29.1 Å². The fraction of sp³-hybridized carbons (Fsp3) is 0.364. The number of methoxy groups -OCH3 is 2. The van der Waals surface area contributed by atoms with Crippen molar-refractivity contribution in [3.05, 3.63) is 52.5 Å². The van der Waals surface area contributed by atoms with Crippen LogP contribution in [0.4, 0.5) is 5.69 Å². The Kier molecular flexibility index (Phi) is 7.91. The molecule has 6 nitrogen and oxygen atoms in total. The molecular formula is C22H27ClN2O4. The maximum absolute atomic E-state index is 13.0. The van der Waals surface area contributed by atoms with E-state index in [4.69, 9.17) is 21.1 Å². The molecule has 7 heteroatoms. The van der Waals surface area contributed by atoms with Crippen molar-refractivity contribution in [1.82, 2.24) is 5.32 Å². The van der Waals surface area contributed by atoms with Gasteiger partial charge in [-0.05, 0) is 55.2 Å². The van der Waals surface area contributed by atoms with E-state index in [2.05, 4.69) is 10.6 Å². The molecule has 0 heterocycles. The zero-order valence-corrected chi connectivity index (χ0v) is 18.1. The molecule has 0 saturated heterocycles. The third-order valence-corrected chi connectivity index (χ3v) is 4.68. The number of carbonyl (C=O) groups is 2. The van der Waals surface area contributed by atoms with Crippen molar-refractivity contribution in [2.75, 3.05) is 19.5 Å². The van der Waals surface area contributed by atoms with Crippen LogP contribution in [0.15, 0.2) is 36.4 Å². The van der Waals surface area contributed by atoms with Crippen LogP contribution in [0.1, 0.15) is 36.2 Å². The number of anilines is 1. The molecule has 2 aromatic carbocycles. The lowest BCUT2D eigenvalue weighted by atomic mass is 10.0. The number of hydrogen-bond acceptors (Lipinski definition) is 4. The third-order valence-electron chi connectivity index (χ3n) is 4.42. The molecule has 0 unspecified atom stereocenters. The molecule has 0 aliphatic rings. The van der Waals surface area contributed by atoms with Gasteiger partial charge in [-0.15, -0.1) is 0 Å². The first-order chi connectivity index (χ1) is 13.7. The number of amides is 2. The second-order valence-electron chi connectivity index (χ2n) is 7.17. The molecular weight excluding hydrogens is 392 g/mol. The summed E-state index contributed by atoms with van der Waals surface area (Å²) in [4.78, 5) is 25.5. The summed E-state index contributed by atoms with van der Waals surface area (Å²) >= 11 is 5.88. The molecule has 0 aromatic heterocycles. The van der Waals surface area contributed by atoms with Crippen LogP contribution < -0.4 is 20.1 Å². The molecule has 0 spiro atoms. The number of aryl methyl sites for hydroxylation is 1. The highest BCUT2D eigenvalue weighted by Gasteiger charge is 2.23. The molecule has 2 amide bonds. The van der Waals surface area contributed by atoms with Gasteiger partial charge in [-0.3, -0.25) is 9.59 Å². The second-order valence-corrected chi connectivity index (χ2v) is 7.61. The zero-order valence-electron chi connectivity index (χ0n) is 17.3. The Labute approximate surface area is 176 Å². The molecule has 0 aliphatic heterocycles. The number of carbonyl (C=O) groups excluding carboxylic acids is 2. The van der Waals surface area contributed by atoms with E-state index in [1.54, 1.807) is 43.5 Å². The molecule has 0 bridgehead atoms. The van der Waals surface area contributed by atoms with E-state index in [9.17, 15) is 9.59 Å². The molecule has 0 radical (unpaired) electrons. The van der Waals surface area contributed by atoms with Crippen molar-refractivity contribution in [3.8, 4) is 11.5 Å². The first kappa shape index (κ1) is 22.6. The standard InChI is InChI=1S/C22H27ClN2O4/c1-13(2)10-18(25-21(26)15-6-8-16(23)9-7-15)22(27)24-17-12-20(29-5)19(28-4)11-14(17)3/h6-9,11-13,18H,10H2,1-5H3,(H,24,27)(H,25,26)/t18-/m0/s1. The molecule has 1 atom stereocenters. The number of hydrogen-bond donors (Lipinski definition) is 2. The zero-order chi connectivity index (χ0) is 21.6. The number of halogens is 1. The molecule has 2 aromatic rings. The SMILES string of the molecule is COc1cc(C)c(NC(=O)[C@H](CC(C)C)NC(=O)c2ccc(Cl)cc2)cc1OC. The van der Waals surface area contributed by atoms with Crippen LogP contribution in [0.5, 0.6) is 11.5 Å². The Bertz CT molecular complexity index is 866. The number of nitrogens with one attached hydrogen (secondary N) is 2. The largest absolute Gasteiger partial charge is 0.493 e. The Morgan fingerprint density at radius 3 is 2.17 bits per heavy atom. The minimum Gasteiger partial charge on any atom is -0.493 e. The van der Waals surface area contributed by atoms with Gasteiger partial charge >= 0.3 is 0 Å². The van der Waals surface area contributed by atoms with E-state index < -0.39 is 6.04 Å². The van der Waals surface area contributed by atoms with Gasteiger partial charge in [0.2, 0.25) is 5.91 Å². The first-order valence-corrected chi connectivity index (χ1v) is 9.72. The summed E-state index contributed by atoms with van der Waals surface area (Å²) in [5.41, 5.74) is 1.86. The van der Waals surface area contributed by atoms with Crippen LogP contribution in [0.25, 0.3) is 0 Å². The quantitative estimate of drug-likeness (QED) is 0.664. The van der Waals surface area contributed by atoms with Crippen LogP contribution >= 0.6 is 11.6 Å². The van der Waals surface area contributed by atoms with Crippen LogP contribution in [-0.4, -0.2) is 32.1 Å². The molecule has 0 aliphatic carbocycles. The average molecular weight is 419 g/mol. The molecule has 29 heavy (non-hydrogen) atoms. The summed E-state index contributed by atoms with van der Waals surface area (Å²) in [5.74, 6) is 0.683. The van der Waals surface area contributed by atoms with Gasteiger partial charge in [0.05, 0.1) is 14.2 Å². The lowest BCUT2D eigenvalue weighted by molar-refractivity contribution is -0.118. The van der Waals surface area contributed by atoms with Crippen molar-refractivity contribution in [3.63, 3.8) is 0 Å². The maximum Gasteiger partial charge on any atom is 0.251 e. The van der Waals surface area contributed by atoms with Crippen LogP contribution in [0, 0.1) is 12.8 Å². The van der Waals surface area contributed by atoms with Gasteiger partial charge in [0, 0.05) is 22.3 Å². The van der Waals surface area contributed by atoms with Crippen molar-refractivity contribution in [2.45, 2.75) is 33.2 Å². The summed E-state index contributed by atoms with van der Waals surface area (Å²) in [6.07, 6.45) is 0.498. The summed E-state index contributed by atoms with van der Waals surface area (Å²) in [5, 5.41) is 6.27. The molecule has 0 fully saturated rings. The Morgan fingerprint density at radius 2 is 1.62 bits per heavy atom. The van der Waals surface area contributed by atoms with E-state index in [1.807, 2.05) is 20.8 Å². The first-order valence-electron chi connectivity index (χ1n) is 9.35. The van der Waals surface area contributed by atoms with Gasteiger partial charge in [0.25, 0.3) is 5.91 Å². The van der Waals surface area contributed by atoms with Gasteiger partial charge in [0.15, 0.2) is 11.5 Å². The monoisotopic (exact) mass is 418 g/mol. The maximum atomic E-state index is 13.0. The second kappa shape index (κ2) is 10.2. The lowest BCUT2D eigenvalue weighted by Crippen LogP contribution is -2.44. The number of rotatable bonds is 8. The van der Waals surface area contributed by atoms with Gasteiger partial charge in [-0.2, -0.15) is 0 Å². The average Bonchev–Trinajstić information content (AvgIpc) is 2.68. The third kappa shape index (κ3) is 6.12. The summed E-state index contributed by atoms with van der Waals surface area (Å²) in [7, 11) is 3.09. The summed E-state index contributed by atoms with van der Waals surface area (Å²) in [6, 6.07) is 9.34. The van der Waals surface area contributed by atoms with Crippen LogP contribution in [-0.2, 0) is 4.79 Å². The molecule has 2 N–H and O–H groups in total. The van der Waals surface area contributed by atoms with E-state index in [0.29, 0.717) is 34.2 Å². The van der Waals surface area contributed by atoms with Crippen molar-refractivity contribution in [1.29, 1.82) is 0 Å². The number of benzene rings is 2. The highest BCUT2D eigenvalue weighted by Crippen LogP contribution is 2.33. The Balaban J connectivity index is 2.20. The van der Waals surface area contributed by atoms with Gasteiger partial charge in [-0.1, -0.05) is 25.4 Å². The molecule has 2 rings (SSSR count). The Morgan fingerprint density at radius 1 is 1.03 bits per heavy atom. The summed E-state index contributed by atoms with van der Waals surface area (Å²) < 4.78 is 10.6. The van der Waals surface area contributed by atoms with Crippen molar-refractivity contribution in [2.24, 2.45) is 5.92 Å². The fourth-order valence-corrected chi connectivity index (χ4v) is 3.01. The lowest BCUT2D eigenvalue weighted by Gasteiger charge is -2.21. The van der Waals surface area contributed by atoms with Gasteiger partial charge in [-0.25, -0.2) is 0 Å². The highest BCUT2D eigenvalue weighted by atomic mass is 35.5. The minimum atomic E-state index is -0.689. The van der Waals surface area contributed by atoms with E-state index in [-0.39, 0.29) is 17.7 Å². The van der Waals surface area contributed by atoms with Crippen molar-refractivity contribution < 1.29 is 19.1 Å². The Hall–Kier alpha value is -2.73. The summed E-state index contributed by atoms with van der Waals surface area (Å²) in [6.45, 7) is 5.86. The van der Waals surface area contributed by atoms with Gasteiger partial charge in [0.1, 0.15) is 6.04 Å². The topological polar surface area (TPSA) is 76.7 Å². The van der Waals surface area contributed by atoms with E-state index in [0.717, 1.165) is 5.56 Å².